The van der Waals surface area contributed by atoms with Crippen LogP contribution in [0.2, 0.25) is 0 Å². The van der Waals surface area contributed by atoms with E-state index in [0.717, 1.165) is 38.5 Å². The van der Waals surface area contributed by atoms with Crippen LogP contribution in [-0.4, -0.2) is 46.9 Å². The van der Waals surface area contributed by atoms with E-state index in [4.69, 9.17) is 4.74 Å². The molecule has 0 aliphatic heterocycles. The summed E-state index contributed by atoms with van der Waals surface area (Å²) in [5.41, 5.74) is 0. The standard InChI is InChI=1S/C62H123NO5/c1-4-7-10-13-16-19-22-25-28-30-33-35-38-41-44-47-50-53-58(68-62(67)55-52-49-46-43-40-37-34-31-29-26-23-20-17-14-11-8-5-2)56-61(66)63-59(57-64)60(65)54-51-48-45-42-39-36-32-27-24-21-18-15-12-9-6-3/h58-60,64-65H,4-57H2,1-3H3,(H,63,66). The highest BCUT2D eigenvalue weighted by Crippen LogP contribution is 2.20. The van der Waals surface area contributed by atoms with Crippen molar-refractivity contribution in [3.8, 4) is 0 Å². The van der Waals surface area contributed by atoms with Crippen molar-refractivity contribution in [2.24, 2.45) is 0 Å². The van der Waals surface area contributed by atoms with Crippen LogP contribution in [0.4, 0.5) is 0 Å². The molecule has 0 radical (unpaired) electrons. The average Bonchev–Trinajstić information content (AvgIpc) is 3.33. The third-order valence-corrected chi connectivity index (χ3v) is 14.9. The maximum atomic E-state index is 13.3. The summed E-state index contributed by atoms with van der Waals surface area (Å²) < 4.78 is 5.99. The number of aliphatic hydroxyl groups excluding tert-OH is 2. The molecule has 0 aromatic heterocycles. The summed E-state index contributed by atoms with van der Waals surface area (Å²) in [6, 6.07) is -0.694. The summed E-state index contributed by atoms with van der Waals surface area (Å²) in [6.07, 6.45) is 64.6. The molecule has 0 saturated heterocycles. The van der Waals surface area contributed by atoms with Gasteiger partial charge in [0.05, 0.1) is 25.2 Å². The van der Waals surface area contributed by atoms with Gasteiger partial charge in [-0.1, -0.05) is 323 Å². The van der Waals surface area contributed by atoms with Gasteiger partial charge in [-0.2, -0.15) is 0 Å². The van der Waals surface area contributed by atoms with E-state index in [0.29, 0.717) is 19.3 Å². The van der Waals surface area contributed by atoms with Crippen LogP contribution in [-0.2, 0) is 14.3 Å². The van der Waals surface area contributed by atoms with Gasteiger partial charge in [0.15, 0.2) is 0 Å². The number of nitrogens with one attached hydrogen (secondary N) is 1. The van der Waals surface area contributed by atoms with Crippen molar-refractivity contribution in [2.45, 2.75) is 379 Å². The minimum absolute atomic E-state index is 0.0891. The molecule has 3 unspecified atom stereocenters. The largest absolute Gasteiger partial charge is 0.462 e. The number of carbonyl (C=O) groups excluding carboxylic acids is 2. The highest BCUT2D eigenvalue weighted by molar-refractivity contribution is 5.77. The van der Waals surface area contributed by atoms with Crippen molar-refractivity contribution >= 4 is 11.9 Å². The zero-order chi connectivity index (χ0) is 49.5. The molecular weight excluding hydrogens is 839 g/mol. The number of hydrogen-bond donors (Lipinski definition) is 3. The molecule has 0 spiro atoms. The van der Waals surface area contributed by atoms with Crippen molar-refractivity contribution in [3.05, 3.63) is 0 Å². The molecule has 0 saturated carbocycles. The Morgan fingerprint density at radius 3 is 0.897 bits per heavy atom. The van der Waals surface area contributed by atoms with E-state index in [-0.39, 0.29) is 24.9 Å². The van der Waals surface area contributed by atoms with Crippen molar-refractivity contribution < 1.29 is 24.5 Å². The monoisotopic (exact) mass is 962 g/mol. The molecule has 0 bridgehead atoms. The Morgan fingerprint density at radius 1 is 0.368 bits per heavy atom. The molecular formula is C62H123NO5. The molecule has 0 aromatic rings. The fourth-order valence-electron chi connectivity index (χ4n) is 10.2. The maximum absolute atomic E-state index is 13.3. The van der Waals surface area contributed by atoms with Crippen LogP contribution in [0.15, 0.2) is 0 Å². The second-order valence-corrected chi connectivity index (χ2v) is 21.8. The summed E-state index contributed by atoms with van der Waals surface area (Å²) in [5, 5.41) is 24.0. The van der Waals surface area contributed by atoms with Gasteiger partial charge in [0.2, 0.25) is 5.91 Å². The molecule has 0 fully saturated rings. The minimum atomic E-state index is -0.781. The Kier molecular flexibility index (Phi) is 55.8. The summed E-state index contributed by atoms with van der Waals surface area (Å²) in [7, 11) is 0. The quantitative estimate of drug-likeness (QED) is 0.0417. The van der Waals surface area contributed by atoms with Gasteiger partial charge in [-0.3, -0.25) is 9.59 Å². The van der Waals surface area contributed by atoms with E-state index in [2.05, 4.69) is 26.1 Å². The normalized spacial score (nSPS) is 13.0. The Bertz CT molecular complexity index is 990. The molecule has 6 nitrogen and oxygen atoms in total. The smallest absolute Gasteiger partial charge is 0.306 e. The van der Waals surface area contributed by atoms with Gasteiger partial charge in [0, 0.05) is 6.42 Å². The fraction of sp³-hybridized carbons (Fsp3) is 0.968. The molecule has 0 aliphatic rings. The van der Waals surface area contributed by atoms with Crippen LogP contribution >= 0.6 is 0 Å². The van der Waals surface area contributed by atoms with Crippen molar-refractivity contribution in [3.63, 3.8) is 0 Å². The molecule has 6 heteroatoms. The third kappa shape index (κ3) is 51.2. The number of rotatable bonds is 58. The minimum Gasteiger partial charge on any atom is -0.462 e. The number of carbonyl (C=O) groups is 2. The van der Waals surface area contributed by atoms with Crippen LogP contribution in [0, 0.1) is 0 Å². The summed E-state index contributed by atoms with van der Waals surface area (Å²) in [5.74, 6) is -0.440. The van der Waals surface area contributed by atoms with Crippen molar-refractivity contribution in [1.29, 1.82) is 0 Å². The number of esters is 1. The maximum Gasteiger partial charge on any atom is 0.306 e. The van der Waals surface area contributed by atoms with Crippen molar-refractivity contribution in [2.75, 3.05) is 6.61 Å². The zero-order valence-electron chi connectivity index (χ0n) is 46.5. The highest BCUT2D eigenvalue weighted by Gasteiger charge is 2.24. The highest BCUT2D eigenvalue weighted by atomic mass is 16.5. The first-order valence-electron chi connectivity index (χ1n) is 31.3. The van der Waals surface area contributed by atoms with E-state index in [1.807, 2.05) is 0 Å². The van der Waals surface area contributed by atoms with Gasteiger partial charge in [0.1, 0.15) is 6.10 Å². The molecule has 0 aromatic carbocycles. The van der Waals surface area contributed by atoms with Gasteiger partial charge >= 0.3 is 5.97 Å². The Balaban J connectivity index is 4.47. The lowest BCUT2D eigenvalue weighted by Crippen LogP contribution is -2.46. The van der Waals surface area contributed by atoms with Gasteiger partial charge in [-0.25, -0.2) is 0 Å². The molecule has 0 heterocycles. The number of unbranched alkanes of at least 4 members (excludes halogenated alkanes) is 46. The van der Waals surface area contributed by atoms with E-state index in [1.54, 1.807) is 0 Å². The molecule has 0 aliphatic carbocycles. The SMILES string of the molecule is CCCCCCCCCCCCCCCCCCCC(=O)OC(CCCCCCCCCCCCCCCCCCC)CC(=O)NC(CO)C(O)CCCCCCCCCCCCCCCCC. The predicted molar refractivity (Wildman–Crippen MR) is 297 cm³/mol. The van der Waals surface area contributed by atoms with Crippen LogP contribution in [0.5, 0.6) is 0 Å². The molecule has 1 amide bonds. The summed E-state index contributed by atoms with van der Waals surface area (Å²) in [6.45, 7) is 6.55. The fourth-order valence-corrected chi connectivity index (χ4v) is 10.2. The van der Waals surface area contributed by atoms with E-state index >= 15 is 0 Å². The summed E-state index contributed by atoms with van der Waals surface area (Å²) in [4.78, 5) is 26.4. The zero-order valence-corrected chi connectivity index (χ0v) is 46.5. The third-order valence-electron chi connectivity index (χ3n) is 14.9. The van der Waals surface area contributed by atoms with E-state index < -0.39 is 18.2 Å². The predicted octanol–water partition coefficient (Wildman–Crippen LogP) is 19.5. The van der Waals surface area contributed by atoms with Crippen LogP contribution < -0.4 is 5.32 Å². The summed E-state index contributed by atoms with van der Waals surface area (Å²) >= 11 is 0. The first-order chi connectivity index (χ1) is 33.5. The molecule has 406 valence electrons. The Labute approximate surface area is 426 Å². The lowest BCUT2D eigenvalue weighted by atomic mass is 10.0. The van der Waals surface area contributed by atoms with E-state index in [9.17, 15) is 19.8 Å². The van der Waals surface area contributed by atoms with Gasteiger partial charge in [0.25, 0.3) is 0 Å². The molecule has 0 rings (SSSR count). The molecule has 3 N–H and O–H groups in total. The van der Waals surface area contributed by atoms with Crippen molar-refractivity contribution in [1.82, 2.24) is 5.32 Å². The number of hydrogen-bond acceptors (Lipinski definition) is 5. The number of aliphatic hydroxyl groups is 2. The van der Waals surface area contributed by atoms with Gasteiger partial charge < -0.3 is 20.3 Å². The van der Waals surface area contributed by atoms with Crippen LogP contribution in [0.1, 0.15) is 361 Å². The Hall–Kier alpha value is -1.14. The first kappa shape index (κ1) is 66.9. The van der Waals surface area contributed by atoms with Gasteiger partial charge in [-0.15, -0.1) is 0 Å². The lowest BCUT2D eigenvalue weighted by molar-refractivity contribution is -0.151. The van der Waals surface area contributed by atoms with Crippen LogP contribution in [0.3, 0.4) is 0 Å². The van der Waals surface area contributed by atoms with Crippen LogP contribution in [0.25, 0.3) is 0 Å². The average molecular weight is 963 g/mol. The second-order valence-electron chi connectivity index (χ2n) is 21.8. The topological polar surface area (TPSA) is 95.9 Å². The second kappa shape index (κ2) is 56.8. The van der Waals surface area contributed by atoms with Gasteiger partial charge in [-0.05, 0) is 25.7 Å². The Morgan fingerprint density at radius 2 is 0.618 bits per heavy atom. The molecule has 3 atom stereocenters. The number of ether oxygens (including phenoxy) is 1. The number of amides is 1. The van der Waals surface area contributed by atoms with E-state index in [1.165, 1.54) is 276 Å². The molecule has 68 heavy (non-hydrogen) atoms. The first-order valence-corrected chi connectivity index (χ1v) is 31.3. The lowest BCUT2D eigenvalue weighted by Gasteiger charge is -2.24.